The lowest BCUT2D eigenvalue weighted by atomic mass is 10.0. The van der Waals surface area contributed by atoms with Crippen molar-refractivity contribution in [3.63, 3.8) is 0 Å². The molecule has 0 radical (unpaired) electrons. The first kappa shape index (κ1) is 28.5. The van der Waals surface area contributed by atoms with Gasteiger partial charge in [-0.2, -0.15) is 0 Å². The molecule has 7 nitrogen and oxygen atoms in total. The van der Waals surface area contributed by atoms with Gasteiger partial charge in [-0.05, 0) is 60.9 Å². The quantitative estimate of drug-likeness (QED) is 0.164. The van der Waals surface area contributed by atoms with Crippen molar-refractivity contribution in [3.8, 4) is 16.8 Å². The van der Waals surface area contributed by atoms with Gasteiger partial charge in [0.2, 0.25) is 5.91 Å². The van der Waals surface area contributed by atoms with Gasteiger partial charge in [-0.1, -0.05) is 66.7 Å². The van der Waals surface area contributed by atoms with E-state index in [1.165, 1.54) is 11.3 Å². The summed E-state index contributed by atoms with van der Waals surface area (Å²) >= 11 is 1.52. The molecule has 0 saturated heterocycles. The molecule has 4 aromatic carbocycles. The molecule has 0 N–H and O–H groups in total. The Kier molecular flexibility index (Phi) is 8.40. The number of benzene rings is 4. The van der Waals surface area contributed by atoms with Crippen LogP contribution >= 0.6 is 11.3 Å². The first-order chi connectivity index (χ1) is 21.0. The van der Waals surface area contributed by atoms with Gasteiger partial charge in [0.25, 0.3) is 5.56 Å². The molecule has 0 aliphatic heterocycles. The third kappa shape index (κ3) is 5.98. The molecule has 8 heteroatoms. The predicted octanol–water partition coefficient (Wildman–Crippen LogP) is 6.83. The van der Waals surface area contributed by atoms with Gasteiger partial charge in [0.15, 0.2) is 0 Å². The normalized spacial score (nSPS) is 12.0. The van der Waals surface area contributed by atoms with Crippen LogP contribution in [0.5, 0.6) is 0 Å². The number of amides is 1. The zero-order valence-electron chi connectivity index (χ0n) is 24.1. The molecule has 0 aliphatic carbocycles. The summed E-state index contributed by atoms with van der Waals surface area (Å²) < 4.78 is 8.29. The average Bonchev–Trinajstić information content (AvgIpc) is 3.52. The summed E-state index contributed by atoms with van der Waals surface area (Å²) in [5.74, 6) is 0.434. The second-order valence-corrected chi connectivity index (χ2v) is 11.2. The van der Waals surface area contributed by atoms with E-state index < -0.39 is 6.04 Å². The van der Waals surface area contributed by atoms with Crippen molar-refractivity contribution in [2.75, 3.05) is 19.8 Å². The fourth-order valence-corrected chi connectivity index (χ4v) is 6.08. The monoisotopic (exact) mass is 588 g/mol. The van der Waals surface area contributed by atoms with E-state index in [0.29, 0.717) is 42.2 Å². The smallest absolute Gasteiger partial charge is 0.266 e. The Bertz CT molecular complexity index is 1930. The minimum absolute atomic E-state index is 0.0634. The highest BCUT2D eigenvalue weighted by Crippen LogP contribution is 2.27. The summed E-state index contributed by atoms with van der Waals surface area (Å²) in [7, 11) is 0. The molecule has 216 valence electrons. The third-order valence-corrected chi connectivity index (χ3v) is 8.43. The molecule has 0 unspecified atom stereocenters. The lowest BCUT2D eigenvalue weighted by molar-refractivity contribution is -0.133. The van der Waals surface area contributed by atoms with Gasteiger partial charge in [-0.25, -0.2) is 9.97 Å². The topological polar surface area (TPSA) is 77.3 Å². The van der Waals surface area contributed by atoms with E-state index in [1.54, 1.807) is 21.0 Å². The Morgan fingerprint density at radius 3 is 2.47 bits per heavy atom. The van der Waals surface area contributed by atoms with Gasteiger partial charge in [-0.15, -0.1) is 11.3 Å². The van der Waals surface area contributed by atoms with E-state index in [2.05, 4.69) is 17.1 Å². The maximum absolute atomic E-state index is 14.0. The zero-order chi connectivity index (χ0) is 29.8. The largest absolute Gasteiger partial charge is 0.380 e. The van der Waals surface area contributed by atoms with Crippen LogP contribution in [0.2, 0.25) is 0 Å². The van der Waals surface area contributed by atoms with Crippen LogP contribution in [0.25, 0.3) is 37.9 Å². The number of carbonyl (C=O) groups excluding carboxylic acids is 1. The number of hydrogen-bond acceptors (Lipinski definition) is 6. The second kappa shape index (κ2) is 12.7. The molecule has 1 atom stereocenters. The van der Waals surface area contributed by atoms with Crippen LogP contribution in [0.1, 0.15) is 31.3 Å². The minimum Gasteiger partial charge on any atom is -0.380 e. The Morgan fingerprint density at radius 1 is 0.930 bits per heavy atom. The van der Waals surface area contributed by atoms with Crippen LogP contribution in [0.3, 0.4) is 0 Å². The van der Waals surface area contributed by atoms with Gasteiger partial charge < -0.3 is 9.64 Å². The fraction of sp³-hybridized carbons (Fsp3) is 0.200. The molecule has 1 amide bonds. The van der Waals surface area contributed by atoms with Crippen LogP contribution in [0, 0.1) is 0 Å². The van der Waals surface area contributed by atoms with Crippen LogP contribution in [-0.2, 0) is 16.0 Å². The van der Waals surface area contributed by atoms with E-state index in [0.717, 1.165) is 26.9 Å². The predicted molar refractivity (Wildman–Crippen MR) is 173 cm³/mol. The summed E-state index contributed by atoms with van der Waals surface area (Å²) in [6, 6.07) is 30.8. The molecule has 6 aromatic rings. The van der Waals surface area contributed by atoms with Gasteiger partial charge in [-0.3, -0.25) is 14.2 Å². The fourth-order valence-electron chi connectivity index (χ4n) is 5.37. The number of carbonyl (C=O) groups is 1. The molecular formula is C35H32N4O3S. The Labute approximate surface area is 254 Å². The van der Waals surface area contributed by atoms with Crippen molar-refractivity contribution in [2.24, 2.45) is 0 Å². The van der Waals surface area contributed by atoms with Crippen molar-refractivity contribution in [2.45, 2.75) is 26.3 Å². The molecule has 0 saturated carbocycles. The highest BCUT2D eigenvalue weighted by Gasteiger charge is 2.27. The Hall–Kier alpha value is -4.66. The van der Waals surface area contributed by atoms with Crippen LogP contribution in [0.4, 0.5) is 0 Å². The van der Waals surface area contributed by atoms with Crippen molar-refractivity contribution >= 4 is 38.4 Å². The van der Waals surface area contributed by atoms with Gasteiger partial charge in [0.1, 0.15) is 5.82 Å². The highest BCUT2D eigenvalue weighted by atomic mass is 32.1. The molecule has 0 bridgehead atoms. The molecule has 0 aliphatic rings. The second-order valence-electron chi connectivity index (χ2n) is 10.3. The van der Waals surface area contributed by atoms with Crippen LogP contribution in [0.15, 0.2) is 107 Å². The van der Waals surface area contributed by atoms with Gasteiger partial charge in [0, 0.05) is 13.2 Å². The number of fused-ring (bicyclic) bond motifs is 2. The lowest BCUT2D eigenvalue weighted by Crippen LogP contribution is -2.40. The third-order valence-electron chi connectivity index (χ3n) is 7.63. The van der Waals surface area contributed by atoms with Crippen molar-refractivity contribution in [1.82, 2.24) is 19.4 Å². The van der Waals surface area contributed by atoms with Crippen molar-refractivity contribution in [1.29, 1.82) is 0 Å². The summed E-state index contributed by atoms with van der Waals surface area (Å²) in [5.41, 5.74) is 6.92. The number of nitrogens with zero attached hydrogens (tertiary/aromatic N) is 4. The van der Waals surface area contributed by atoms with E-state index in [4.69, 9.17) is 9.72 Å². The zero-order valence-corrected chi connectivity index (χ0v) is 25.0. The molecule has 0 spiro atoms. The molecule has 2 aromatic heterocycles. The first-order valence-electron chi connectivity index (χ1n) is 14.4. The summed E-state index contributed by atoms with van der Waals surface area (Å²) in [6.07, 6.45) is 0.218. The minimum atomic E-state index is -0.508. The molecular weight excluding hydrogens is 556 g/mol. The molecule has 6 rings (SSSR count). The SMILES string of the molecule is CCOCCN(C(=O)Cc1ccc(-c2ccccc2)cc1)[C@H](C)c1nc2ccccc2c(=O)n1-c1ccc2ncsc2c1. The number of thiazole rings is 1. The number of para-hydroxylation sites is 1. The number of rotatable bonds is 10. The van der Waals surface area contributed by atoms with Crippen molar-refractivity contribution in [3.05, 3.63) is 124 Å². The Balaban J connectivity index is 1.38. The Morgan fingerprint density at radius 2 is 1.67 bits per heavy atom. The number of ether oxygens (including phenoxy) is 1. The van der Waals surface area contributed by atoms with Gasteiger partial charge >= 0.3 is 0 Å². The maximum atomic E-state index is 14.0. The summed E-state index contributed by atoms with van der Waals surface area (Å²) in [4.78, 5) is 39.1. The summed E-state index contributed by atoms with van der Waals surface area (Å²) in [6.45, 7) is 5.16. The molecule has 0 fully saturated rings. The molecule has 2 heterocycles. The van der Waals surface area contributed by atoms with E-state index in [1.807, 2.05) is 92.7 Å². The van der Waals surface area contributed by atoms with E-state index in [-0.39, 0.29) is 17.9 Å². The average molecular weight is 589 g/mol. The van der Waals surface area contributed by atoms with E-state index in [9.17, 15) is 9.59 Å². The first-order valence-corrected chi connectivity index (χ1v) is 15.3. The standard InChI is InChI=1S/C35H32N4O3S/c1-3-42-20-19-38(33(40)21-25-13-15-27(16-14-25)26-9-5-4-6-10-26)24(2)34-37-30-12-8-7-11-29(30)35(41)39(34)28-17-18-31-32(22-28)43-23-36-31/h4-18,22-24H,3,19-21H2,1-2H3/t24-/m1/s1. The maximum Gasteiger partial charge on any atom is 0.266 e. The number of aromatic nitrogens is 3. The summed E-state index contributed by atoms with van der Waals surface area (Å²) in [5, 5.41) is 0.522. The number of hydrogen-bond donors (Lipinski definition) is 0. The lowest BCUT2D eigenvalue weighted by Gasteiger charge is -2.30. The highest BCUT2D eigenvalue weighted by molar-refractivity contribution is 7.16. The van der Waals surface area contributed by atoms with Crippen molar-refractivity contribution < 1.29 is 9.53 Å². The van der Waals surface area contributed by atoms with Crippen LogP contribution in [-0.4, -0.2) is 45.1 Å². The van der Waals surface area contributed by atoms with Gasteiger partial charge in [0.05, 0.1) is 51.4 Å². The van der Waals surface area contributed by atoms with Crippen LogP contribution < -0.4 is 5.56 Å². The van der Waals surface area contributed by atoms with E-state index >= 15 is 0 Å². The molecule has 43 heavy (non-hydrogen) atoms.